The Morgan fingerprint density at radius 2 is 2.03 bits per heavy atom. The number of hydrogen-bond donors (Lipinski definition) is 0. The van der Waals surface area contributed by atoms with Gasteiger partial charge in [-0.3, -0.25) is 10.1 Å². The number of cyclic esters (lactones) is 1. The molecular weight excluding hydrogens is 456 g/mol. The molecule has 0 bridgehead atoms. The number of carbonyl (C=O) groups excluding carboxylic acids is 1. The molecule has 0 unspecified atom stereocenters. The van der Waals surface area contributed by atoms with Crippen LogP contribution in [-0.4, -0.2) is 30.0 Å². The standard InChI is InChI=1S/C21H19BrN2O6/c1-11(2)29-19-15(22)8-13(10-18(19)28-4)9-16-21(25)30-20(23-16)14-6-5-7-17(12(14)3)24(26)27/h5-11H,1-4H3/b16-9-. The van der Waals surface area contributed by atoms with E-state index in [-0.39, 0.29) is 23.4 Å². The molecule has 0 spiro atoms. The number of carbonyl (C=O) groups is 1. The van der Waals surface area contributed by atoms with Crippen molar-refractivity contribution in [1.29, 1.82) is 0 Å². The van der Waals surface area contributed by atoms with Crippen LogP contribution in [0, 0.1) is 17.0 Å². The molecule has 1 aliphatic heterocycles. The number of nitro groups is 1. The van der Waals surface area contributed by atoms with Crippen LogP contribution in [0.25, 0.3) is 6.08 Å². The second kappa shape index (κ2) is 8.66. The number of methoxy groups -OCH3 is 1. The molecule has 0 saturated heterocycles. The number of rotatable bonds is 6. The first kappa shape index (κ1) is 21.5. The van der Waals surface area contributed by atoms with E-state index >= 15 is 0 Å². The number of esters is 1. The highest BCUT2D eigenvalue weighted by molar-refractivity contribution is 9.10. The summed E-state index contributed by atoms with van der Waals surface area (Å²) in [6, 6.07) is 8.02. The molecule has 0 atom stereocenters. The lowest BCUT2D eigenvalue weighted by Crippen LogP contribution is -2.08. The number of hydrogen-bond acceptors (Lipinski definition) is 7. The summed E-state index contributed by atoms with van der Waals surface area (Å²) in [5.41, 5.74) is 1.40. The van der Waals surface area contributed by atoms with Gasteiger partial charge in [0.15, 0.2) is 17.2 Å². The number of aliphatic imine (C=N–C) groups is 1. The molecule has 8 nitrogen and oxygen atoms in total. The molecule has 0 amide bonds. The van der Waals surface area contributed by atoms with Gasteiger partial charge in [0.05, 0.1) is 22.6 Å². The van der Waals surface area contributed by atoms with E-state index in [0.29, 0.717) is 32.7 Å². The minimum Gasteiger partial charge on any atom is -0.493 e. The highest BCUT2D eigenvalue weighted by Crippen LogP contribution is 2.38. The van der Waals surface area contributed by atoms with E-state index in [9.17, 15) is 14.9 Å². The third kappa shape index (κ3) is 4.35. The Balaban J connectivity index is 2.00. The van der Waals surface area contributed by atoms with Crippen LogP contribution in [0.4, 0.5) is 5.69 Å². The fourth-order valence-corrected chi connectivity index (χ4v) is 3.46. The Hall–Kier alpha value is -3.20. The summed E-state index contributed by atoms with van der Waals surface area (Å²) in [6.07, 6.45) is 1.50. The van der Waals surface area contributed by atoms with E-state index < -0.39 is 10.9 Å². The molecule has 0 aromatic heterocycles. The second-order valence-corrected chi connectivity index (χ2v) is 7.60. The van der Waals surface area contributed by atoms with Crippen LogP contribution in [-0.2, 0) is 9.53 Å². The topological polar surface area (TPSA) is 100 Å². The number of halogens is 1. The summed E-state index contributed by atoms with van der Waals surface area (Å²) < 4.78 is 17.1. The third-order valence-electron chi connectivity index (χ3n) is 4.26. The average Bonchev–Trinajstić information content (AvgIpc) is 3.03. The molecule has 156 valence electrons. The molecule has 0 saturated carbocycles. The molecule has 30 heavy (non-hydrogen) atoms. The van der Waals surface area contributed by atoms with Crippen molar-refractivity contribution >= 4 is 39.6 Å². The van der Waals surface area contributed by atoms with Crippen LogP contribution < -0.4 is 9.47 Å². The van der Waals surface area contributed by atoms with Gasteiger partial charge < -0.3 is 14.2 Å². The minimum atomic E-state index is -0.645. The maximum Gasteiger partial charge on any atom is 0.363 e. The fraction of sp³-hybridized carbons (Fsp3) is 0.238. The van der Waals surface area contributed by atoms with Gasteiger partial charge in [-0.2, -0.15) is 0 Å². The average molecular weight is 475 g/mol. The molecular formula is C21H19BrN2O6. The van der Waals surface area contributed by atoms with E-state index in [1.54, 1.807) is 31.2 Å². The molecule has 0 radical (unpaired) electrons. The first-order chi connectivity index (χ1) is 14.2. The molecule has 2 aromatic rings. The Labute approximate surface area is 181 Å². The number of nitrogens with zero attached hydrogens (tertiary/aromatic N) is 2. The first-order valence-electron chi connectivity index (χ1n) is 9.02. The normalized spacial score (nSPS) is 14.7. The van der Waals surface area contributed by atoms with Crippen molar-refractivity contribution in [3.63, 3.8) is 0 Å². The Bertz CT molecular complexity index is 1090. The molecule has 0 aliphatic carbocycles. The Kier molecular flexibility index (Phi) is 6.21. The van der Waals surface area contributed by atoms with Gasteiger partial charge in [-0.25, -0.2) is 9.79 Å². The molecule has 0 N–H and O–H groups in total. The van der Waals surface area contributed by atoms with Crippen molar-refractivity contribution in [1.82, 2.24) is 0 Å². The van der Waals surface area contributed by atoms with Crippen LogP contribution >= 0.6 is 15.9 Å². The number of nitro benzene ring substituents is 1. The van der Waals surface area contributed by atoms with Gasteiger partial charge in [-0.05, 0) is 66.5 Å². The van der Waals surface area contributed by atoms with Crippen molar-refractivity contribution < 1.29 is 23.9 Å². The van der Waals surface area contributed by atoms with Gasteiger partial charge in [0.25, 0.3) is 5.69 Å². The number of benzene rings is 2. The van der Waals surface area contributed by atoms with Crippen LogP contribution in [0.1, 0.15) is 30.5 Å². The zero-order valence-electron chi connectivity index (χ0n) is 16.8. The maximum atomic E-state index is 12.3. The van der Waals surface area contributed by atoms with Gasteiger partial charge in [-0.1, -0.05) is 6.07 Å². The van der Waals surface area contributed by atoms with Crippen molar-refractivity contribution in [3.8, 4) is 11.5 Å². The highest BCUT2D eigenvalue weighted by Gasteiger charge is 2.27. The maximum absolute atomic E-state index is 12.3. The van der Waals surface area contributed by atoms with Gasteiger partial charge in [0, 0.05) is 17.2 Å². The Morgan fingerprint density at radius 3 is 2.67 bits per heavy atom. The van der Waals surface area contributed by atoms with E-state index in [4.69, 9.17) is 14.2 Å². The van der Waals surface area contributed by atoms with Crippen LogP contribution in [0.2, 0.25) is 0 Å². The van der Waals surface area contributed by atoms with Gasteiger partial charge in [-0.15, -0.1) is 0 Å². The van der Waals surface area contributed by atoms with Crippen molar-refractivity contribution in [3.05, 3.63) is 67.3 Å². The summed E-state index contributed by atoms with van der Waals surface area (Å²) in [5.74, 6) is 0.432. The molecule has 3 rings (SSSR count). The third-order valence-corrected chi connectivity index (χ3v) is 4.85. The van der Waals surface area contributed by atoms with Crippen molar-refractivity contribution in [2.24, 2.45) is 4.99 Å². The summed E-state index contributed by atoms with van der Waals surface area (Å²) in [6.45, 7) is 5.39. The molecule has 1 aliphatic rings. The first-order valence-corrected chi connectivity index (χ1v) is 9.81. The van der Waals surface area contributed by atoms with E-state index in [2.05, 4.69) is 20.9 Å². The van der Waals surface area contributed by atoms with Crippen molar-refractivity contribution in [2.45, 2.75) is 26.9 Å². The quantitative estimate of drug-likeness (QED) is 0.257. The largest absolute Gasteiger partial charge is 0.493 e. The van der Waals surface area contributed by atoms with Crippen LogP contribution in [0.3, 0.4) is 0 Å². The summed E-state index contributed by atoms with van der Waals surface area (Å²) in [5, 5.41) is 11.2. The lowest BCUT2D eigenvalue weighted by molar-refractivity contribution is -0.385. The molecule has 9 heteroatoms. The molecule has 0 fully saturated rings. The molecule has 2 aromatic carbocycles. The van der Waals surface area contributed by atoms with Gasteiger partial charge in [0.2, 0.25) is 5.90 Å². The van der Waals surface area contributed by atoms with E-state index in [1.165, 1.54) is 19.2 Å². The summed E-state index contributed by atoms with van der Waals surface area (Å²) in [4.78, 5) is 27.3. The van der Waals surface area contributed by atoms with E-state index in [0.717, 1.165) is 0 Å². The minimum absolute atomic E-state index is 0.0261. The predicted octanol–water partition coefficient (Wildman–Crippen LogP) is 4.81. The molecule has 1 heterocycles. The summed E-state index contributed by atoms with van der Waals surface area (Å²) in [7, 11) is 1.52. The zero-order valence-corrected chi connectivity index (χ0v) is 18.3. The summed E-state index contributed by atoms with van der Waals surface area (Å²) >= 11 is 3.46. The van der Waals surface area contributed by atoms with Crippen LogP contribution in [0.5, 0.6) is 11.5 Å². The smallest absolute Gasteiger partial charge is 0.363 e. The predicted molar refractivity (Wildman–Crippen MR) is 115 cm³/mol. The van der Waals surface area contributed by atoms with Gasteiger partial charge in [0.1, 0.15) is 0 Å². The monoisotopic (exact) mass is 474 g/mol. The number of ether oxygens (including phenoxy) is 3. The highest BCUT2D eigenvalue weighted by atomic mass is 79.9. The SMILES string of the molecule is COc1cc(/C=C2\N=C(c3cccc([N+](=O)[O-])c3C)OC2=O)cc(Br)c1OC(C)C. The fourth-order valence-electron chi connectivity index (χ4n) is 2.91. The van der Waals surface area contributed by atoms with Crippen molar-refractivity contribution in [2.75, 3.05) is 7.11 Å². The lowest BCUT2D eigenvalue weighted by Gasteiger charge is -2.15. The lowest BCUT2D eigenvalue weighted by atomic mass is 10.1. The van der Waals surface area contributed by atoms with Crippen LogP contribution in [0.15, 0.2) is 45.5 Å². The second-order valence-electron chi connectivity index (χ2n) is 6.74. The zero-order chi connectivity index (χ0) is 22.0. The van der Waals surface area contributed by atoms with Gasteiger partial charge >= 0.3 is 5.97 Å². The van der Waals surface area contributed by atoms with E-state index in [1.807, 2.05) is 13.8 Å². The Morgan fingerprint density at radius 1 is 1.30 bits per heavy atom.